The quantitative estimate of drug-likeness (QED) is 0.898. The Balaban J connectivity index is 2.46. The van der Waals surface area contributed by atoms with E-state index in [9.17, 15) is 0 Å². The minimum atomic E-state index is 0.116. The van der Waals surface area contributed by atoms with Crippen LogP contribution in [0.1, 0.15) is 45.7 Å². The molecule has 1 heterocycles. The van der Waals surface area contributed by atoms with Crippen molar-refractivity contribution in [3.63, 3.8) is 0 Å². The summed E-state index contributed by atoms with van der Waals surface area (Å²) in [7, 11) is 0. The van der Waals surface area contributed by atoms with Gasteiger partial charge in [0.2, 0.25) is 0 Å². The van der Waals surface area contributed by atoms with Gasteiger partial charge in [0.15, 0.2) is 0 Å². The van der Waals surface area contributed by atoms with Crippen molar-refractivity contribution in [2.45, 2.75) is 45.6 Å². The molecule has 0 amide bonds. The Kier molecular flexibility index (Phi) is 3.44. The Morgan fingerprint density at radius 3 is 2.67 bits per heavy atom. The maximum atomic E-state index is 5.69. The van der Waals surface area contributed by atoms with E-state index in [0.717, 1.165) is 11.9 Å². The van der Waals surface area contributed by atoms with Crippen molar-refractivity contribution in [2.75, 3.05) is 6.54 Å². The highest BCUT2D eigenvalue weighted by molar-refractivity contribution is 5.76. The van der Waals surface area contributed by atoms with Crippen LogP contribution >= 0.6 is 0 Å². The van der Waals surface area contributed by atoms with E-state index in [2.05, 4.69) is 55.4 Å². The van der Waals surface area contributed by atoms with Crippen molar-refractivity contribution in [2.24, 2.45) is 5.73 Å². The fourth-order valence-corrected chi connectivity index (χ4v) is 2.37. The van der Waals surface area contributed by atoms with Crippen LogP contribution in [-0.2, 0) is 5.41 Å². The average Bonchev–Trinajstić information content (AvgIpc) is 2.71. The topological polar surface area (TPSA) is 43.8 Å². The Labute approximate surface area is 109 Å². The second kappa shape index (κ2) is 4.73. The third kappa shape index (κ3) is 2.27. The Morgan fingerprint density at radius 1 is 1.33 bits per heavy atom. The molecular weight excluding hydrogens is 222 g/mol. The van der Waals surface area contributed by atoms with Gasteiger partial charge in [0.05, 0.1) is 17.4 Å². The maximum absolute atomic E-state index is 5.69. The van der Waals surface area contributed by atoms with E-state index in [1.807, 2.05) is 6.33 Å². The number of benzene rings is 1. The van der Waals surface area contributed by atoms with Crippen molar-refractivity contribution in [3.05, 3.63) is 30.1 Å². The van der Waals surface area contributed by atoms with Crippen LogP contribution < -0.4 is 5.73 Å². The van der Waals surface area contributed by atoms with E-state index < -0.39 is 0 Å². The number of hydrogen-bond acceptors (Lipinski definition) is 2. The van der Waals surface area contributed by atoms with E-state index in [1.54, 1.807) is 0 Å². The first-order valence-electron chi connectivity index (χ1n) is 6.63. The zero-order valence-corrected chi connectivity index (χ0v) is 11.8. The number of imidazole rings is 1. The highest BCUT2D eigenvalue weighted by atomic mass is 15.1. The molecule has 0 spiro atoms. The number of nitrogens with two attached hydrogens (primary N) is 1. The van der Waals surface area contributed by atoms with Gasteiger partial charge in [-0.05, 0) is 49.9 Å². The minimum absolute atomic E-state index is 0.116. The van der Waals surface area contributed by atoms with E-state index in [1.165, 1.54) is 11.1 Å². The van der Waals surface area contributed by atoms with E-state index in [-0.39, 0.29) is 5.41 Å². The van der Waals surface area contributed by atoms with Gasteiger partial charge in [-0.25, -0.2) is 4.98 Å². The first-order valence-corrected chi connectivity index (χ1v) is 6.63. The van der Waals surface area contributed by atoms with Gasteiger partial charge in [-0.15, -0.1) is 0 Å². The SMILES string of the molecule is CC(C)n1cnc2cc(C(C)(C)CCN)ccc21. The lowest BCUT2D eigenvalue weighted by Crippen LogP contribution is -2.21. The Hall–Kier alpha value is -1.35. The monoisotopic (exact) mass is 245 g/mol. The fraction of sp³-hybridized carbons (Fsp3) is 0.533. The van der Waals surface area contributed by atoms with Gasteiger partial charge in [0.25, 0.3) is 0 Å². The predicted molar refractivity (Wildman–Crippen MR) is 76.8 cm³/mol. The molecule has 0 aliphatic heterocycles. The van der Waals surface area contributed by atoms with Crippen LogP contribution in [0.15, 0.2) is 24.5 Å². The molecule has 98 valence electrons. The first-order chi connectivity index (χ1) is 8.45. The molecule has 0 fully saturated rings. The normalized spacial score (nSPS) is 12.6. The number of aromatic nitrogens is 2. The molecule has 0 radical (unpaired) electrons. The summed E-state index contributed by atoms with van der Waals surface area (Å²) >= 11 is 0. The van der Waals surface area contributed by atoms with Crippen LogP contribution in [0.4, 0.5) is 0 Å². The summed E-state index contributed by atoms with van der Waals surface area (Å²) in [6.07, 6.45) is 2.92. The molecule has 3 heteroatoms. The molecule has 0 saturated carbocycles. The van der Waals surface area contributed by atoms with Crippen LogP contribution in [-0.4, -0.2) is 16.1 Å². The Bertz CT molecular complexity index is 538. The van der Waals surface area contributed by atoms with Gasteiger partial charge < -0.3 is 10.3 Å². The van der Waals surface area contributed by atoms with Gasteiger partial charge in [0.1, 0.15) is 0 Å². The van der Waals surface area contributed by atoms with Crippen molar-refractivity contribution in [1.29, 1.82) is 0 Å². The zero-order chi connectivity index (χ0) is 13.3. The molecule has 0 unspecified atom stereocenters. The first kappa shape index (κ1) is 13.1. The number of nitrogens with zero attached hydrogens (tertiary/aromatic N) is 2. The average molecular weight is 245 g/mol. The largest absolute Gasteiger partial charge is 0.330 e. The second-order valence-electron chi connectivity index (χ2n) is 5.87. The molecule has 3 nitrogen and oxygen atoms in total. The molecule has 1 aromatic carbocycles. The van der Waals surface area contributed by atoms with Gasteiger partial charge in [0, 0.05) is 6.04 Å². The molecule has 2 N–H and O–H groups in total. The zero-order valence-electron chi connectivity index (χ0n) is 11.8. The summed E-state index contributed by atoms with van der Waals surface area (Å²) < 4.78 is 2.20. The summed E-state index contributed by atoms with van der Waals surface area (Å²) in [5.41, 5.74) is 9.40. The van der Waals surface area contributed by atoms with E-state index >= 15 is 0 Å². The molecular formula is C15H23N3. The molecule has 1 aromatic heterocycles. The van der Waals surface area contributed by atoms with Crippen LogP contribution in [0.5, 0.6) is 0 Å². The number of fused-ring (bicyclic) bond motifs is 1. The smallest absolute Gasteiger partial charge is 0.0960 e. The highest BCUT2D eigenvalue weighted by Crippen LogP contribution is 2.29. The third-order valence-electron chi connectivity index (χ3n) is 3.68. The number of rotatable bonds is 4. The summed E-state index contributed by atoms with van der Waals surface area (Å²) in [6, 6.07) is 7.02. The minimum Gasteiger partial charge on any atom is -0.330 e. The molecule has 0 aliphatic rings. The van der Waals surface area contributed by atoms with Crippen molar-refractivity contribution in [1.82, 2.24) is 9.55 Å². The van der Waals surface area contributed by atoms with Crippen LogP contribution in [0.25, 0.3) is 11.0 Å². The van der Waals surface area contributed by atoms with Crippen molar-refractivity contribution < 1.29 is 0 Å². The van der Waals surface area contributed by atoms with Gasteiger partial charge in [-0.1, -0.05) is 19.9 Å². The standard InChI is InChI=1S/C15H23N3/c1-11(2)18-10-17-13-9-12(5-6-14(13)18)15(3,4)7-8-16/h5-6,9-11H,7-8,16H2,1-4H3. The summed E-state index contributed by atoms with van der Waals surface area (Å²) in [4.78, 5) is 4.51. The molecule has 0 bridgehead atoms. The summed E-state index contributed by atoms with van der Waals surface area (Å²) in [6.45, 7) is 9.53. The molecule has 0 aliphatic carbocycles. The maximum Gasteiger partial charge on any atom is 0.0960 e. The second-order valence-corrected chi connectivity index (χ2v) is 5.87. The lowest BCUT2D eigenvalue weighted by molar-refractivity contribution is 0.488. The fourth-order valence-electron chi connectivity index (χ4n) is 2.37. The molecule has 0 saturated heterocycles. The van der Waals surface area contributed by atoms with E-state index in [0.29, 0.717) is 12.6 Å². The third-order valence-corrected chi connectivity index (χ3v) is 3.68. The van der Waals surface area contributed by atoms with Crippen LogP contribution in [0, 0.1) is 0 Å². The summed E-state index contributed by atoms with van der Waals surface area (Å²) in [5, 5.41) is 0. The van der Waals surface area contributed by atoms with Crippen molar-refractivity contribution >= 4 is 11.0 Å². The summed E-state index contributed by atoms with van der Waals surface area (Å²) in [5.74, 6) is 0. The van der Waals surface area contributed by atoms with Gasteiger partial charge >= 0.3 is 0 Å². The van der Waals surface area contributed by atoms with Crippen LogP contribution in [0.2, 0.25) is 0 Å². The Morgan fingerprint density at radius 2 is 2.06 bits per heavy atom. The molecule has 2 rings (SSSR count). The van der Waals surface area contributed by atoms with Crippen LogP contribution in [0.3, 0.4) is 0 Å². The number of hydrogen-bond donors (Lipinski definition) is 1. The van der Waals surface area contributed by atoms with Crippen molar-refractivity contribution in [3.8, 4) is 0 Å². The van der Waals surface area contributed by atoms with Gasteiger partial charge in [-0.2, -0.15) is 0 Å². The lowest BCUT2D eigenvalue weighted by atomic mass is 9.81. The molecule has 0 atom stereocenters. The molecule has 18 heavy (non-hydrogen) atoms. The highest BCUT2D eigenvalue weighted by Gasteiger charge is 2.20. The van der Waals surface area contributed by atoms with E-state index in [4.69, 9.17) is 5.73 Å². The lowest BCUT2D eigenvalue weighted by Gasteiger charge is -2.24. The van der Waals surface area contributed by atoms with Gasteiger partial charge in [-0.3, -0.25) is 0 Å². The predicted octanol–water partition coefficient (Wildman–Crippen LogP) is 3.24. The molecule has 2 aromatic rings.